The molecule has 0 radical (unpaired) electrons. The minimum Gasteiger partial charge on any atom is -0.494 e. The normalized spacial score (nSPS) is 10.4. The maximum atomic E-state index is 12.0. The van der Waals surface area contributed by atoms with Crippen LogP contribution in [0, 0.1) is 0 Å². The van der Waals surface area contributed by atoms with Crippen LogP contribution in [-0.2, 0) is 6.42 Å². The topological polar surface area (TPSA) is 58.2 Å². The summed E-state index contributed by atoms with van der Waals surface area (Å²) in [6.07, 6.45) is 4.82. The fourth-order valence-corrected chi connectivity index (χ4v) is 2.03. The van der Waals surface area contributed by atoms with Crippen molar-refractivity contribution in [3.8, 4) is 5.75 Å². The van der Waals surface area contributed by atoms with Crippen LogP contribution in [0.5, 0.6) is 5.75 Å². The lowest BCUT2D eigenvalue weighted by molar-refractivity contribution is 0.0782. The third kappa shape index (κ3) is 4.34. The zero-order valence-electron chi connectivity index (χ0n) is 12.5. The smallest absolute Gasteiger partial charge is 0.271 e. The molecule has 1 aromatic heterocycles. The zero-order chi connectivity index (χ0) is 15.1. The maximum absolute atomic E-state index is 12.0. The Hall–Kier alpha value is -2.30. The van der Waals surface area contributed by atoms with E-state index >= 15 is 0 Å². The Bertz CT molecular complexity index is 567. The maximum Gasteiger partial charge on any atom is 0.271 e. The summed E-state index contributed by atoms with van der Waals surface area (Å²) in [4.78, 5) is 20.3. The first-order valence-electron chi connectivity index (χ1n) is 7.16. The highest BCUT2D eigenvalue weighted by atomic mass is 16.5. The molecule has 0 bridgehead atoms. The first kappa shape index (κ1) is 15.1. The van der Waals surface area contributed by atoms with Gasteiger partial charge in [-0.25, -0.2) is 4.98 Å². The van der Waals surface area contributed by atoms with Crippen molar-refractivity contribution in [3.63, 3.8) is 0 Å². The number of benzene rings is 1. The average Bonchev–Trinajstić information content (AvgIpc) is 3.05. The number of amides is 1. The SMILES string of the molecule is CCc1cccc(OCCCN(C)C(=O)c2cnc[nH]2)c1. The Morgan fingerprint density at radius 3 is 3.00 bits per heavy atom. The van der Waals surface area contributed by atoms with Crippen LogP contribution in [-0.4, -0.2) is 41.0 Å². The minimum atomic E-state index is -0.0551. The number of nitrogens with one attached hydrogen (secondary N) is 1. The Balaban J connectivity index is 1.73. The van der Waals surface area contributed by atoms with E-state index in [0.717, 1.165) is 18.6 Å². The van der Waals surface area contributed by atoms with Crippen molar-refractivity contribution < 1.29 is 9.53 Å². The van der Waals surface area contributed by atoms with E-state index < -0.39 is 0 Å². The summed E-state index contributed by atoms with van der Waals surface area (Å²) in [5, 5.41) is 0. The summed E-state index contributed by atoms with van der Waals surface area (Å²) in [5.41, 5.74) is 1.77. The Morgan fingerprint density at radius 2 is 2.29 bits per heavy atom. The highest BCUT2D eigenvalue weighted by Gasteiger charge is 2.12. The van der Waals surface area contributed by atoms with Gasteiger partial charge in [-0.1, -0.05) is 19.1 Å². The molecule has 0 aliphatic carbocycles. The summed E-state index contributed by atoms with van der Waals surface area (Å²) >= 11 is 0. The molecule has 5 nitrogen and oxygen atoms in total. The van der Waals surface area contributed by atoms with E-state index in [1.807, 2.05) is 12.1 Å². The molecule has 0 saturated heterocycles. The molecule has 1 heterocycles. The van der Waals surface area contributed by atoms with Crippen molar-refractivity contribution in [1.29, 1.82) is 0 Å². The lowest BCUT2D eigenvalue weighted by Crippen LogP contribution is -2.28. The van der Waals surface area contributed by atoms with E-state index in [1.165, 1.54) is 18.1 Å². The summed E-state index contributed by atoms with van der Waals surface area (Å²) in [7, 11) is 1.78. The molecule has 2 aromatic rings. The number of aromatic nitrogens is 2. The molecule has 1 aromatic carbocycles. The first-order valence-corrected chi connectivity index (χ1v) is 7.16. The highest BCUT2D eigenvalue weighted by Crippen LogP contribution is 2.13. The molecule has 2 rings (SSSR count). The number of aryl methyl sites for hydroxylation is 1. The molecule has 0 fully saturated rings. The van der Waals surface area contributed by atoms with E-state index in [9.17, 15) is 4.79 Å². The van der Waals surface area contributed by atoms with Gasteiger partial charge in [-0.3, -0.25) is 4.79 Å². The van der Waals surface area contributed by atoms with Gasteiger partial charge >= 0.3 is 0 Å². The number of H-pyrrole nitrogens is 1. The average molecular weight is 287 g/mol. The number of nitrogens with zero attached hydrogens (tertiary/aromatic N) is 2. The van der Waals surface area contributed by atoms with E-state index in [0.29, 0.717) is 18.8 Å². The van der Waals surface area contributed by atoms with Crippen LogP contribution in [0.3, 0.4) is 0 Å². The van der Waals surface area contributed by atoms with Crippen molar-refractivity contribution in [1.82, 2.24) is 14.9 Å². The van der Waals surface area contributed by atoms with E-state index in [-0.39, 0.29) is 5.91 Å². The second-order valence-electron chi connectivity index (χ2n) is 4.89. The molecule has 0 atom stereocenters. The molecule has 0 spiro atoms. The van der Waals surface area contributed by atoms with Crippen LogP contribution in [0.15, 0.2) is 36.8 Å². The van der Waals surface area contributed by atoms with Crippen molar-refractivity contribution in [2.75, 3.05) is 20.2 Å². The highest BCUT2D eigenvalue weighted by molar-refractivity contribution is 5.91. The number of imidazole rings is 1. The monoisotopic (exact) mass is 287 g/mol. The van der Waals surface area contributed by atoms with Crippen LogP contribution < -0.4 is 4.74 Å². The van der Waals surface area contributed by atoms with Gasteiger partial charge in [0.2, 0.25) is 0 Å². The zero-order valence-corrected chi connectivity index (χ0v) is 12.5. The third-order valence-electron chi connectivity index (χ3n) is 3.29. The molecule has 21 heavy (non-hydrogen) atoms. The molecule has 0 aliphatic heterocycles. The lowest BCUT2D eigenvalue weighted by atomic mass is 10.2. The van der Waals surface area contributed by atoms with Gasteiger partial charge in [0.05, 0.1) is 19.1 Å². The Kier molecular flexibility index (Phi) is 5.37. The minimum absolute atomic E-state index is 0.0551. The fourth-order valence-electron chi connectivity index (χ4n) is 2.03. The molecule has 0 saturated carbocycles. The number of carbonyl (C=O) groups is 1. The quantitative estimate of drug-likeness (QED) is 0.796. The van der Waals surface area contributed by atoms with Crippen LogP contribution in [0.1, 0.15) is 29.4 Å². The van der Waals surface area contributed by atoms with Gasteiger partial charge < -0.3 is 14.6 Å². The molecule has 1 amide bonds. The summed E-state index contributed by atoms with van der Waals surface area (Å²) in [6.45, 7) is 3.36. The van der Waals surface area contributed by atoms with E-state index in [1.54, 1.807) is 11.9 Å². The van der Waals surface area contributed by atoms with Gasteiger partial charge in [0.15, 0.2) is 0 Å². The molecule has 0 unspecified atom stereocenters. The van der Waals surface area contributed by atoms with Crippen LogP contribution >= 0.6 is 0 Å². The van der Waals surface area contributed by atoms with Gasteiger partial charge in [0.25, 0.3) is 5.91 Å². The molecule has 0 aliphatic rings. The number of rotatable bonds is 7. The van der Waals surface area contributed by atoms with Gasteiger partial charge in [-0.15, -0.1) is 0 Å². The van der Waals surface area contributed by atoms with Gasteiger partial charge in [0, 0.05) is 13.6 Å². The molecule has 112 valence electrons. The fraction of sp³-hybridized carbons (Fsp3) is 0.375. The lowest BCUT2D eigenvalue weighted by Gasteiger charge is -2.16. The summed E-state index contributed by atoms with van der Waals surface area (Å²) in [5.74, 6) is 0.831. The molecular formula is C16H21N3O2. The van der Waals surface area contributed by atoms with Crippen molar-refractivity contribution in [3.05, 3.63) is 48.0 Å². The van der Waals surface area contributed by atoms with Crippen molar-refractivity contribution >= 4 is 5.91 Å². The van der Waals surface area contributed by atoms with Crippen LogP contribution in [0.2, 0.25) is 0 Å². The molecular weight excluding hydrogens is 266 g/mol. The van der Waals surface area contributed by atoms with Gasteiger partial charge in [0.1, 0.15) is 11.4 Å². The summed E-state index contributed by atoms with van der Waals surface area (Å²) in [6, 6.07) is 8.10. The van der Waals surface area contributed by atoms with E-state index in [4.69, 9.17) is 4.74 Å². The predicted molar refractivity (Wildman–Crippen MR) is 81.5 cm³/mol. The van der Waals surface area contributed by atoms with Crippen LogP contribution in [0.25, 0.3) is 0 Å². The number of carbonyl (C=O) groups excluding carboxylic acids is 1. The van der Waals surface area contributed by atoms with Gasteiger partial charge in [-0.2, -0.15) is 0 Å². The Morgan fingerprint density at radius 1 is 1.43 bits per heavy atom. The molecule has 5 heteroatoms. The second kappa shape index (κ2) is 7.47. The number of hydrogen-bond donors (Lipinski definition) is 1. The second-order valence-corrected chi connectivity index (χ2v) is 4.89. The molecule has 1 N–H and O–H groups in total. The van der Waals surface area contributed by atoms with Crippen LogP contribution in [0.4, 0.5) is 0 Å². The number of ether oxygens (including phenoxy) is 1. The van der Waals surface area contributed by atoms with Crippen molar-refractivity contribution in [2.45, 2.75) is 19.8 Å². The van der Waals surface area contributed by atoms with E-state index in [2.05, 4.69) is 29.0 Å². The number of aromatic amines is 1. The standard InChI is InChI=1S/C16H21N3O2/c1-3-13-6-4-7-14(10-13)21-9-5-8-19(2)16(20)15-11-17-12-18-15/h4,6-7,10-12H,3,5,8-9H2,1-2H3,(H,17,18). The largest absolute Gasteiger partial charge is 0.494 e. The first-order chi connectivity index (χ1) is 10.2. The predicted octanol–water partition coefficient (Wildman–Crippen LogP) is 2.51. The third-order valence-corrected chi connectivity index (χ3v) is 3.29. The Labute approximate surface area is 125 Å². The van der Waals surface area contributed by atoms with Crippen molar-refractivity contribution in [2.24, 2.45) is 0 Å². The number of hydrogen-bond acceptors (Lipinski definition) is 3. The van der Waals surface area contributed by atoms with Gasteiger partial charge in [-0.05, 0) is 30.5 Å². The summed E-state index contributed by atoms with van der Waals surface area (Å²) < 4.78 is 5.71.